The number of hydrogen-bond donors (Lipinski definition) is 0. The molecule has 2 rings (SSSR count). The lowest BCUT2D eigenvalue weighted by atomic mass is 9.92. The number of rotatable bonds is 4. The van der Waals surface area contributed by atoms with E-state index in [1.54, 1.807) is 0 Å². The standard InChI is InChI=1S/C16H21NO/c1-13(17-18)16-10-8-15(9-11-16)12-14-6-4-2-3-5-7-14/h8-11,14H,1-7,12H2. The van der Waals surface area contributed by atoms with Crippen LogP contribution in [0.4, 0.5) is 0 Å². The van der Waals surface area contributed by atoms with Gasteiger partial charge >= 0.3 is 0 Å². The maximum Gasteiger partial charge on any atom is 0.108 e. The average molecular weight is 243 g/mol. The molecule has 1 aromatic rings. The van der Waals surface area contributed by atoms with E-state index in [0.717, 1.165) is 11.5 Å². The van der Waals surface area contributed by atoms with Gasteiger partial charge in [0.1, 0.15) is 5.70 Å². The van der Waals surface area contributed by atoms with Gasteiger partial charge in [0, 0.05) is 5.56 Å². The van der Waals surface area contributed by atoms with Crippen LogP contribution in [-0.4, -0.2) is 0 Å². The van der Waals surface area contributed by atoms with Gasteiger partial charge in [0.15, 0.2) is 0 Å². The smallest absolute Gasteiger partial charge is 0.108 e. The Morgan fingerprint density at radius 2 is 1.72 bits per heavy atom. The van der Waals surface area contributed by atoms with Gasteiger partial charge in [0.25, 0.3) is 0 Å². The van der Waals surface area contributed by atoms with Gasteiger partial charge in [-0.2, -0.15) is 0 Å². The van der Waals surface area contributed by atoms with Crippen LogP contribution in [0.15, 0.2) is 36.0 Å². The maximum atomic E-state index is 10.4. The van der Waals surface area contributed by atoms with Crippen molar-refractivity contribution in [2.45, 2.75) is 44.9 Å². The largest absolute Gasteiger partial charge is 0.145 e. The minimum atomic E-state index is 0.316. The van der Waals surface area contributed by atoms with Crippen molar-refractivity contribution in [1.82, 2.24) is 0 Å². The van der Waals surface area contributed by atoms with Crippen LogP contribution in [0.1, 0.15) is 49.7 Å². The van der Waals surface area contributed by atoms with Gasteiger partial charge in [0.2, 0.25) is 0 Å². The zero-order chi connectivity index (χ0) is 12.8. The monoisotopic (exact) mass is 243 g/mol. The zero-order valence-corrected chi connectivity index (χ0v) is 10.9. The number of nitroso groups, excluding NO2 is 1. The highest BCUT2D eigenvalue weighted by molar-refractivity contribution is 5.62. The summed E-state index contributed by atoms with van der Waals surface area (Å²) in [6, 6.07) is 8.12. The Hall–Kier alpha value is -1.44. The Bertz CT molecular complexity index is 400. The molecule has 96 valence electrons. The van der Waals surface area contributed by atoms with E-state index in [4.69, 9.17) is 0 Å². The molecule has 2 heteroatoms. The fourth-order valence-corrected chi connectivity index (χ4v) is 2.79. The molecule has 0 aliphatic heterocycles. The second-order valence-corrected chi connectivity index (χ2v) is 5.30. The third-order valence-corrected chi connectivity index (χ3v) is 3.90. The first-order valence-corrected chi connectivity index (χ1v) is 6.91. The van der Waals surface area contributed by atoms with Crippen LogP contribution >= 0.6 is 0 Å². The highest BCUT2D eigenvalue weighted by Crippen LogP contribution is 2.26. The second-order valence-electron chi connectivity index (χ2n) is 5.30. The van der Waals surface area contributed by atoms with Crippen LogP contribution in [0.25, 0.3) is 5.70 Å². The van der Waals surface area contributed by atoms with E-state index in [1.807, 2.05) is 12.1 Å². The van der Waals surface area contributed by atoms with E-state index in [0.29, 0.717) is 5.70 Å². The van der Waals surface area contributed by atoms with Crippen molar-refractivity contribution in [3.63, 3.8) is 0 Å². The molecule has 0 spiro atoms. The topological polar surface area (TPSA) is 29.4 Å². The summed E-state index contributed by atoms with van der Waals surface area (Å²) in [5.41, 5.74) is 2.51. The average Bonchev–Trinajstić information content (AvgIpc) is 2.67. The molecule has 18 heavy (non-hydrogen) atoms. The molecule has 0 unspecified atom stereocenters. The van der Waals surface area contributed by atoms with Crippen LogP contribution in [0.5, 0.6) is 0 Å². The lowest BCUT2D eigenvalue weighted by Crippen LogP contribution is -2.03. The Morgan fingerprint density at radius 3 is 2.28 bits per heavy atom. The van der Waals surface area contributed by atoms with E-state index in [-0.39, 0.29) is 0 Å². The molecule has 1 fully saturated rings. The summed E-state index contributed by atoms with van der Waals surface area (Å²) >= 11 is 0. The molecule has 0 aromatic heterocycles. The normalized spacial score (nSPS) is 17.1. The van der Waals surface area contributed by atoms with Crippen molar-refractivity contribution in [3.05, 3.63) is 46.9 Å². The maximum absolute atomic E-state index is 10.4. The molecule has 0 bridgehead atoms. The SMILES string of the molecule is C=C(N=O)c1ccc(CC2CCCCCC2)cc1. The lowest BCUT2D eigenvalue weighted by Gasteiger charge is -2.14. The molecule has 0 saturated heterocycles. The van der Waals surface area contributed by atoms with Crippen molar-refractivity contribution < 1.29 is 0 Å². The number of benzene rings is 1. The third-order valence-electron chi connectivity index (χ3n) is 3.90. The lowest BCUT2D eigenvalue weighted by molar-refractivity contribution is 0.458. The van der Waals surface area contributed by atoms with E-state index in [9.17, 15) is 4.91 Å². The molecule has 2 nitrogen and oxygen atoms in total. The van der Waals surface area contributed by atoms with E-state index in [2.05, 4.69) is 23.9 Å². The van der Waals surface area contributed by atoms with E-state index >= 15 is 0 Å². The molecular weight excluding hydrogens is 222 g/mol. The predicted octanol–water partition coefficient (Wildman–Crippen LogP) is 4.94. The first kappa shape index (κ1) is 13.0. The molecule has 1 saturated carbocycles. The van der Waals surface area contributed by atoms with Crippen molar-refractivity contribution in [3.8, 4) is 0 Å². The summed E-state index contributed by atoms with van der Waals surface area (Å²) in [6.45, 7) is 3.62. The van der Waals surface area contributed by atoms with Crippen LogP contribution in [0.3, 0.4) is 0 Å². The van der Waals surface area contributed by atoms with E-state index < -0.39 is 0 Å². The zero-order valence-electron chi connectivity index (χ0n) is 10.9. The number of nitrogens with zero attached hydrogens (tertiary/aromatic N) is 1. The van der Waals surface area contributed by atoms with Crippen LogP contribution in [0.2, 0.25) is 0 Å². The third kappa shape index (κ3) is 3.52. The summed E-state index contributed by atoms with van der Waals surface area (Å²) in [5, 5.41) is 2.87. The highest BCUT2D eigenvalue weighted by Gasteiger charge is 2.12. The van der Waals surface area contributed by atoms with Gasteiger partial charge in [-0.25, -0.2) is 0 Å². The summed E-state index contributed by atoms with van der Waals surface area (Å²) < 4.78 is 0. The van der Waals surface area contributed by atoms with Crippen LogP contribution in [0, 0.1) is 10.8 Å². The second kappa shape index (κ2) is 6.48. The molecule has 0 N–H and O–H groups in total. The Balaban J connectivity index is 1.96. The molecule has 1 aliphatic carbocycles. The molecule has 0 radical (unpaired) electrons. The quantitative estimate of drug-likeness (QED) is 0.544. The van der Waals surface area contributed by atoms with Crippen LogP contribution in [-0.2, 0) is 6.42 Å². The minimum Gasteiger partial charge on any atom is -0.145 e. The predicted molar refractivity (Wildman–Crippen MR) is 76.2 cm³/mol. The summed E-state index contributed by atoms with van der Waals surface area (Å²) in [7, 11) is 0. The fourth-order valence-electron chi connectivity index (χ4n) is 2.79. The fraction of sp³-hybridized carbons (Fsp3) is 0.500. The Kier molecular flexibility index (Phi) is 4.68. The molecular formula is C16H21NO. The van der Waals surface area contributed by atoms with Crippen molar-refractivity contribution in [2.24, 2.45) is 11.1 Å². The van der Waals surface area contributed by atoms with Gasteiger partial charge in [-0.3, -0.25) is 0 Å². The molecule has 1 aliphatic rings. The molecule has 1 aromatic carbocycles. The Morgan fingerprint density at radius 1 is 1.11 bits per heavy atom. The summed E-state index contributed by atoms with van der Waals surface area (Å²) in [4.78, 5) is 10.4. The summed E-state index contributed by atoms with van der Waals surface area (Å²) in [5.74, 6) is 0.839. The van der Waals surface area contributed by atoms with Crippen molar-refractivity contribution >= 4 is 5.70 Å². The highest BCUT2D eigenvalue weighted by atomic mass is 16.3. The van der Waals surface area contributed by atoms with Crippen molar-refractivity contribution in [1.29, 1.82) is 0 Å². The van der Waals surface area contributed by atoms with Crippen LogP contribution < -0.4 is 0 Å². The van der Waals surface area contributed by atoms with Gasteiger partial charge in [-0.15, -0.1) is 4.91 Å². The molecule has 0 atom stereocenters. The van der Waals surface area contributed by atoms with Gasteiger partial charge in [-0.05, 0) is 23.1 Å². The Labute approximate surface area is 109 Å². The number of hydrogen-bond acceptors (Lipinski definition) is 2. The summed E-state index contributed by atoms with van der Waals surface area (Å²) in [6.07, 6.45) is 9.47. The van der Waals surface area contributed by atoms with Gasteiger partial charge in [0.05, 0.1) is 0 Å². The van der Waals surface area contributed by atoms with Gasteiger partial charge in [-0.1, -0.05) is 69.4 Å². The first-order valence-electron chi connectivity index (χ1n) is 6.91. The first-order chi connectivity index (χ1) is 8.79. The molecule has 0 heterocycles. The molecule has 0 amide bonds. The van der Waals surface area contributed by atoms with Crippen molar-refractivity contribution in [2.75, 3.05) is 0 Å². The minimum absolute atomic E-state index is 0.316. The van der Waals surface area contributed by atoms with Gasteiger partial charge < -0.3 is 0 Å². The van der Waals surface area contributed by atoms with E-state index in [1.165, 1.54) is 50.5 Å².